The lowest BCUT2D eigenvalue weighted by Gasteiger charge is -2.27. The zero-order chi connectivity index (χ0) is 19.8. The molecule has 0 spiro atoms. The lowest BCUT2D eigenvalue weighted by atomic mass is 10.1. The molecule has 1 aromatic carbocycles. The average molecular weight is 383 g/mol. The van der Waals surface area contributed by atoms with Crippen molar-refractivity contribution in [3.05, 3.63) is 88.2 Å². The molecule has 0 saturated heterocycles. The molecule has 0 fully saturated rings. The maximum absolute atomic E-state index is 13.0. The van der Waals surface area contributed by atoms with Crippen molar-refractivity contribution in [2.75, 3.05) is 6.54 Å². The van der Waals surface area contributed by atoms with Crippen molar-refractivity contribution in [1.82, 2.24) is 24.8 Å². The topological polar surface area (TPSA) is 91.8 Å². The summed E-state index contributed by atoms with van der Waals surface area (Å²) >= 11 is 0. The smallest absolute Gasteiger partial charge is 0.272 e. The van der Waals surface area contributed by atoms with Crippen molar-refractivity contribution >= 4 is 16.8 Å². The third kappa shape index (κ3) is 3.16. The number of nitrogens with one attached hydrogen (secondary N) is 1. The highest BCUT2D eigenvalue weighted by molar-refractivity contribution is 5.95. The number of carbonyl (C=O) groups excluding carboxylic acids is 1. The molecule has 1 N–H and O–H groups in total. The fraction of sp³-hybridized carbons (Fsp3) is 0.136. The van der Waals surface area contributed by atoms with Gasteiger partial charge < -0.3 is 9.88 Å². The summed E-state index contributed by atoms with van der Waals surface area (Å²) in [6.45, 7) is 0.740. The number of aromatic nitrogens is 4. The lowest BCUT2D eigenvalue weighted by Crippen LogP contribution is -2.39. The van der Waals surface area contributed by atoms with Crippen LogP contribution in [0.5, 0.6) is 0 Å². The van der Waals surface area contributed by atoms with Crippen LogP contribution in [0.3, 0.4) is 0 Å². The van der Waals surface area contributed by atoms with Gasteiger partial charge in [-0.25, -0.2) is 9.97 Å². The molecule has 1 amide bonds. The second kappa shape index (κ2) is 6.94. The summed E-state index contributed by atoms with van der Waals surface area (Å²) in [6, 6.07) is 14.9. The van der Waals surface area contributed by atoms with Gasteiger partial charge in [0.15, 0.2) is 0 Å². The van der Waals surface area contributed by atoms with E-state index in [1.807, 2.05) is 30.3 Å². The molecule has 7 heteroatoms. The Morgan fingerprint density at radius 1 is 1.00 bits per heavy atom. The highest BCUT2D eigenvalue weighted by Gasteiger charge is 2.26. The Kier molecular flexibility index (Phi) is 4.13. The van der Waals surface area contributed by atoms with Crippen molar-refractivity contribution in [3.8, 4) is 11.4 Å². The number of H-pyrrole nitrogens is 1. The van der Waals surface area contributed by atoms with Crippen LogP contribution >= 0.6 is 0 Å². The van der Waals surface area contributed by atoms with E-state index in [1.165, 1.54) is 0 Å². The molecule has 0 radical (unpaired) electrons. The van der Waals surface area contributed by atoms with Gasteiger partial charge in [-0.15, -0.1) is 0 Å². The molecule has 0 saturated carbocycles. The fourth-order valence-electron chi connectivity index (χ4n) is 3.61. The first-order valence-corrected chi connectivity index (χ1v) is 9.36. The number of carbonyl (C=O) groups is 1. The van der Waals surface area contributed by atoms with E-state index in [0.717, 1.165) is 16.5 Å². The van der Waals surface area contributed by atoms with Gasteiger partial charge in [-0.3, -0.25) is 14.6 Å². The molecule has 4 heterocycles. The number of rotatable bonds is 2. The normalized spacial score (nSPS) is 13.3. The molecule has 5 rings (SSSR count). The van der Waals surface area contributed by atoms with Crippen molar-refractivity contribution in [3.63, 3.8) is 0 Å². The summed E-state index contributed by atoms with van der Waals surface area (Å²) < 4.78 is 0. The molecule has 1 aliphatic heterocycles. The zero-order valence-corrected chi connectivity index (χ0v) is 15.5. The largest absolute Gasteiger partial charge is 0.331 e. The molecular weight excluding hydrogens is 366 g/mol. The van der Waals surface area contributed by atoms with Crippen molar-refractivity contribution < 1.29 is 4.79 Å². The standard InChI is InChI=1S/C22H17N5O2/c28-21-16-9-12-27(13-19(16)25-20(26-21)15-7-10-23-11-8-15)22(29)18-6-5-14-3-1-2-4-17(14)24-18/h1-8,10-11H,9,12-13H2,(H,25,26,28). The van der Waals surface area contributed by atoms with Gasteiger partial charge in [0.05, 0.1) is 17.8 Å². The van der Waals surface area contributed by atoms with E-state index in [0.29, 0.717) is 35.7 Å². The van der Waals surface area contributed by atoms with Crippen LogP contribution in [0.4, 0.5) is 0 Å². The maximum atomic E-state index is 13.0. The number of pyridine rings is 2. The minimum Gasteiger partial charge on any atom is -0.331 e. The monoisotopic (exact) mass is 383 g/mol. The Morgan fingerprint density at radius 2 is 1.83 bits per heavy atom. The Balaban J connectivity index is 1.47. The average Bonchev–Trinajstić information content (AvgIpc) is 2.78. The predicted octanol–water partition coefficient (Wildman–Crippen LogP) is 2.58. The number of nitrogens with zero attached hydrogens (tertiary/aromatic N) is 4. The molecule has 7 nitrogen and oxygen atoms in total. The number of aromatic amines is 1. The Labute approximate surface area is 166 Å². The quantitative estimate of drug-likeness (QED) is 0.574. The van der Waals surface area contributed by atoms with Crippen molar-refractivity contribution in [1.29, 1.82) is 0 Å². The Hall–Kier alpha value is -3.87. The van der Waals surface area contributed by atoms with Gasteiger partial charge in [0.1, 0.15) is 11.5 Å². The third-order valence-corrected chi connectivity index (χ3v) is 5.13. The second-order valence-corrected chi connectivity index (χ2v) is 6.94. The molecule has 4 aromatic rings. The van der Waals surface area contributed by atoms with Crippen LogP contribution in [-0.4, -0.2) is 37.3 Å². The number of hydrogen-bond acceptors (Lipinski definition) is 5. The second-order valence-electron chi connectivity index (χ2n) is 6.94. The van der Waals surface area contributed by atoms with Gasteiger partial charge in [-0.05, 0) is 30.7 Å². The van der Waals surface area contributed by atoms with E-state index >= 15 is 0 Å². The highest BCUT2D eigenvalue weighted by Crippen LogP contribution is 2.20. The van der Waals surface area contributed by atoms with Crippen LogP contribution in [0.2, 0.25) is 0 Å². The molecule has 3 aromatic heterocycles. The first-order chi connectivity index (χ1) is 14.2. The van der Waals surface area contributed by atoms with E-state index in [1.54, 1.807) is 35.5 Å². The van der Waals surface area contributed by atoms with Crippen LogP contribution in [-0.2, 0) is 13.0 Å². The molecule has 142 valence electrons. The minimum atomic E-state index is -0.158. The maximum Gasteiger partial charge on any atom is 0.272 e. The number of amides is 1. The lowest BCUT2D eigenvalue weighted by molar-refractivity contribution is 0.0726. The van der Waals surface area contributed by atoms with Crippen LogP contribution in [0.1, 0.15) is 21.7 Å². The Bertz CT molecular complexity index is 1280. The number of benzene rings is 1. The van der Waals surface area contributed by atoms with Crippen molar-refractivity contribution in [2.45, 2.75) is 13.0 Å². The SMILES string of the molecule is O=C(c1ccc2ccccc2n1)N1CCc2c(nc(-c3ccncc3)[nH]c2=O)C1. The van der Waals surface area contributed by atoms with Crippen LogP contribution in [0.15, 0.2) is 65.7 Å². The van der Waals surface area contributed by atoms with E-state index in [4.69, 9.17) is 0 Å². The van der Waals surface area contributed by atoms with Gasteiger partial charge in [-0.1, -0.05) is 24.3 Å². The van der Waals surface area contributed by atoms with Crippen LogP contribution in [0.25, 0.3) is 22.3 Å². The van der Waals surface area contributed by atoms with E-state index in [-0.39, 0.29) is 18.0 Å². The number of para-hydroxylation sites is 1. The number of hydrogen-bond donors (Lipinski definition) is 1. The zero-order valence-electron chi connectivity index (χ0n) is 15.5. The van der Waals surface area contributed by atoms with Gasteiger partial charge >= 0.3 is 0 Å². The first-order valence-electron chi connectivity index (χ1n) is 9.36. The summed E-state index contributed by atoms with van der Waals surface area (Å²) in [5.74, 6) is 0.322. The van der Waals surface area contributed by atoms with Crippen LogP contribution in [0, 0.1) is 0 Å². The third-order valence-electron chi connectivity index (χ3n) is 5.13. The Morgan fingerprint density at radius 3 is 2.69 bits per heavy atom. The molecule has 0 unspecified atom stereocenters. The van der Waals surface area contributed by atoms with Crippen molar-refractivity contribution in [2.24, 2.45) is 0 Å². The molecule has 0 bridgehead atoms. The van der Waals surface area contributed by atoms with E-state index < -0.39 is 0 Å². The molecule has 1 aliphatic rings. The van der Waals surface area contributed by atoms with Gasteiger partial charge in [0.25, 0.3) is 11.5 Å². The molecule has 0 aliphatic carbocycles. The van der Waals surface area contributed by atoms with Gasteiger partial charge in [-0.2, -0.15) is 0 Å². The van der Waals surface area contributed by atoms with E-state index in [2.05, 4.69) is 19.9 Å². The van der Waals surface area contributed by atoms with Gasteiger partial charge in [0.2, 0.25) is 0 Å². The molecule has 29 heavy (non-hydrogen) atoms. The van der Waals surface area contributed by atoms with Crippen LogP contribution < -0.4 is 5.56 Å². The number of fused-ring (bicyclic) bond motifs is 2. The molecular formula is C22H17N5O2. The predicted molar refractivity (Wildman–Crippen MR) is 108 cm³/mol. The van der Waals surface area contributed by atoms with Gasteiger partial charge in [0, 0.05) is 35.5 Å². The fourth-order valence-corrected chi connectivity index (χ4v) is 3.61. The van der Waals surface area contributed by atoms with E-state index in [9.17, 15) is 9.59 Å². The minimum absolute atomic E-state index is 0.155. The first kappa shape index (κ1) is 17.2. The summed E-state index contributed by atoms with van der Waals surface area (Å²) in [4.78, 5) is 43.2. The summed E-state index contributed by atoms with van der Waals surface area (Å²) in [5, 5.41) is 0.989. The molecule has 0 atom stereocenters. The summed E-state index contributed by atoms with van der Waals surface area (Å²) in [5.41, 5.74) is 3.06. The highest BCUT2D eigenvalue weighted by atomic mass is 16.2. The summed E-state index contributed by atoms with van der Waals surface area (Å²) in [6.07, 6.45) is 3.76. The summed E-state index contributed by atoms with van der Waals surface area (Å²) in [7, 11) is 0.